The van der Waals surface area contributed by atoms with Crippen molar-refractivity contribution in [3.05, 3.63) is 25.3 Å². The first-order valence-corrected chi connectivity index (χ1v) is 17.6. The van der Waals surface area contributed by atoms with Gasteiger partial charge in [0.1, 0.15) is 0 Å². The predicted octanol–water partition coefficient (Wildman–Crippen LogP) is -0.568. The molecule has 2 unspecified atom stereocenters. The quantitative estimate of drug-likeness (QED) is 0.0835. The first-order valence-electron chi connectivity index (χ1n) is 15.3. The SMILES string of the molecule is C=CCC[C@@H](NC(=O)[C@@H]1[C@@H]2C(CN1C(=O)[C@@H](NC(=O)NC(C)CC)C1CCCCC1)[I-]C2(C)C)C(=O)C(=O)NCC=C. The molecule has 1 aliphatic carbocycles. The number of hydrogen-bond acceptors (Lipinski definition) is 5. The molecule has 0 aromatic rings. The van der Waals surface area contributed by atoms with Crippen LogP contribution in [0.1, 0.15) is 79.1 Å². The van der Waals surface area contributed by atoms with E-state index in [-0.39, 0.29) is 71.3 Å². The molecule has 236 valence electrons. The van der Waals surface area contributed by atoms with Gasteiger partial charge in [-0.1, -0.05) is 0 Å². The second-order valence-electron chi connectivity index (χ2n) is 12.2. The Hall–Kier alpha value is -2.44. The molecule has 42 heavy (non-hydrogen) atoms. The number of nitrogens with zero attached hydrogens (tertiary/aromatic N) is 1. The van der Waals surface area contributed by atoms with Crippen molar-refractivity contribution in [2.24, 2.45) is 11.8 Å². The van der Waals surface area contributed by atoms with E-state index in [0.717, 1.165) is 38.5 Å². The summed E-state index contributed by atoms with van der Waals surface area (Å²) in [5.41, 5.74) is 0. The zero-order valence-corrected chi connectivity index (χ0v) is 27.7. The molecule has 0 radical (unpaired) electrons. The van der Waals surface area contributed by atoms with Crippen LogP contribution in [-0.2, 0) is 19.2 Å². The van der Waals surface area contributed by atoms with Crippen molar-refractivity contribution in [1.29, 1.82) is 0 Å². The molecule has 10 nitrogen and oxygen atoms in total. The molecule has 3 rings (SSSR count). The monoisotopic (exact) mass is 698 g/mol. The third kappa shape index (κ3) is 8.13. The van der Waals surface area contributed by atoms with E-state index in [4.69, 9.17) is 0 Å². The van der Waals surface area contributed by atoms with Crippen LogP contribution in [0.25, 0.3) is 0 Å². The average Bonchev–Trinajstić information content (AvgIpc) is 3.31. The standard InChI is InChI=1S/C31H49IN5O5/c1-7-10-16-22(26(38)28(40)33-17-8-2)35-27(39)25-23-21(32-31(23,5)6)18-37(25)29(41)24(20-14-12-11-13-15-20)36-30(42)34-19(4)9-3/h7-8,19-25H,1-2,9-18H2,3-6H3,(H,33,40)(H,35,39)(H2,34,36,42)/q-1/t19?,21?,22-,23+,24+,25+/m1/s1. The van der Waals surface area contributed by atoms with Crippen molar-refractivity contribution >= 4 is 29.5 Å². The number of nitrogens with one attached hydrogen (secondary N) is 4. The predicted molar refractivity (Wildman–Crippen MR) is 158 cm³/mol. The Morgan fingerprint density at radius 1 is 1.02 bits per heavy atom. The van der Waals surface area contributed by atoms with E-state index in [9.17, 15) is 24.0 Å². The van der Waals surface area contributed by atoms with Gasteiger partial charge in [0, 0.05) is 0 Å². The van der Waals surface area contributed by atoms with E-state index in [2.05, 4.69) is 48.3 Å². The first kappa shape index (κ1) is 34.1. The van der Waals surface area contributed by atoms with Crippen molar-refractivity contribution in [2.45, 2.75) is 111 Å². The van der Waals surface area contributed by atoms with E-state index in [1.165, 1.54) is 6.08 Å². The Labute approximate surface area is 260 Å². The van der Waals surface area contributed by atoms with Crippen LogP contribution in [0.15, 0.2) is 25.3 Å². The summed E-state index contributed by atoms with van der Waals surface area (Å²) in [5, 5.41) is 11.3. The molecule has 2 aliphatic heterocycles. The Kier molecular flexibility index (Phi) is 12.4. The number of carbonyl (C=O) groups is 5. The van der Waals surface area contributed by atoms with Gasteiger partial charge in [-0.05, 0) is 0 Å². The normalized spacial score (nSPS) is 25.2. The van der Waals surface area contributed by atoms with Gasteiger partial charge in [-0.2, -0.15) is 0 Å². The van der Waals surface area contributed by atoms with E-state index >= 15 is 0 Å². The van der Waals surface area contributed by atoms with Gasteiger partial charge in [-0.15, -0.1) is 0 Å². The van der Waals surface area contributed by atoms with Gasteiger partial charge in [0.05, 0.1) is 0 Å². The van der Waals surface area contributed by atoms with Gasteiger partial charge in [-0.3, -0.25) is 0 Å². The number of likely N-dealkylation sites (tertiary alicyclic amines) is 1. The number of alkyl halides is 2. The molecular weight excluding hydrogens is 649 g/mol. The number of urea groups is 1. The number of amides is 5. The molecule has 0 spiro atoms. The number of halogens is 1. The Balaban J connectivity index is 1.88. The minimum absolute atomic E-state index is 0.00548. The van der Waals surface area contributed by atoms with Crippen molar-refractivity contribution < 1.29 is 45.2 Å². The van der Waals surface area contributed by atoms with Gasteiger partial charge in [0.2, 0.25) is 0 Å². The zero-order chi connectivity index (χ0) is 31.0. The molecule has 1 saturated carbocycles. The van der Waals surface area contributed by atoms with Crippen LogP contribution in [0.2, 0.25) is 0 Å². The third-order valence-electron chi connectivity index (χ3n) is 8.79. The van der Waals surface area contributed by atoms with Gasteiger partial charge >= 0.3 is 262 Å². The van der Waals surface area contributed by atoms with E-state index < -0.39 is 35.7 Å². The fourth-order valence-electron chi connectivity index (χ4n) is 6.37. The number of hydrogen-bond donors (Lipinski definition) is 4. The van der Waals surface area contributed by atoms with Crippen LogP contribution in [0, 0.1) is 11.8 Å². The Morgan fingerprint density at radius 3 is 2.31 bits per heavy atom. The van der Waals surface area contributed by atoms with Crippen molar-refractivity contribution in [1.82, 2.24) is 26.2 Å². The van der Waals surface area contributed by atoms with Crippen molar-refractivity contribution in [2.75, 3.05) is 13.1 Å². The molecule has 11 heteroatoms. The van der Waals surface area contributed by atoms with Crippen LogP contribution >= 0.6 is 0 Å². The second kappa shape index (κ2) is 15.3. The maximum atomic E-state index is 14.4. The van der Waals surface area contributed by atoms with Crippen LogP contribution in [0.4, 0.5) is 4.79 Å². The summed E-state index contributed by atoms with van der Waals surface area (Å²) in [6, 6.07) is -2.95. The molecule has 4 N–H and O–H groups in total. The maximum absolute atomic E-state index is 14.4. The Bertz CT molecular complexity index is 1040. The number of rotatable bonds is 14. The molecule has 2 saturated heterocycles. The van der Waals surface area contributed by atoms with Crippen molar-refractivity contribution in [3.63, 3.8) is 0 Å². The van der Waals surface area contributed by atoms with Gasteiger partial charge in [0.15, 0.2) is 0 Å². The zero-order valence-electron chi connectivity index (χ0n) is 25.5. The number of fused-ring (bicyclic) bond motifs is 1. The number of ketones is 1. The number of allylic oxidation sites excluding steroid dienone is 1. The molecule has 3 fully saturated rings. The number of carbonyl (C=O) groups excluding carboxylic acids is 5. The summed E-state index contributed by atoms with van der Waals surface area (Å²) < 4.78 is 0.196. The van der Waals surface area contributed by atoms with Gasteiger partial charge in [-0.25, -0.2) is 0 Å². The van der Waals surface area contributed by atoms with E-state index in [1.807, 2.05) is 13.8 Å². The van der Waals surface area contributed by atoms with E-state index in [1.54, 1.807) is 11.0 Å². The molecule has 5 amide bonds. The topological polar surface area (TPSA) is 137 Å². The molecule has 0 aromatic carbocycles. The molecule has 3 aliphatic rings. The summed E-state index contributed by atoms with van der Waals surface area (Å²) >= 11 is -0.260. The van der Waals surface area contributed by atoms with Crippen molar-refractivity contribution in [3.8, 4) is 0 Å². The molecule has 0 aromatic heterocycles. The molecule has 2 heterocycles. The van der Waals surface area contributed by atoms with Gasteiger partial charge in [0.25, 0.3) is 0 Å². The summed E-state index contributed by atoms with van der Waals surface area (Å²) in [6.07, 6.45) is 9.32. The average molecular weight is 699 g/mol. The van der Waals surface area contributed by atoms with Crippen LogP contribution in [0.5, 0.6) is 0 Å². The van der Waals surface area contributed by atoms with Crippen LogP contribution in [0.3, 0.4) is 0 Å². The van der Waals surface area contributed by atoms with Crippen LogP contribution in [-0.4, -0.2) is 79.0 Å². The van der Waals surface area contributed by atoms with Gasteiger partial charge < -0.3 is 0 Å². The molecular formula is C31H49IN5O5-. The van der Waals surface area contributed by atoms with E-state index in [0.29, 0.717) is 13.0 Å². The first-order chi connectivity index (χ1) is 19.9. The Morgan fingerprint density at radius 2 is 1.71 bits per heavy atom. The molecule has 0 bridgehead atoms. The summed E-state index contributed by atoms with van der Waals surface area (Å²) in [7, 11) is 0. The second-order valence-corrected chi connectivity index (χ2v) is 17.2. The molecule has 6 atom stereocenters. The van der Waals surface area contributed by atoms with Crippen LogP contribution < -0.4 is 42.5 Å². The number of Topliss-reactive ketones (excluding diaryl/α,β-unsaturated/α-hetero) is 1. The summed E-state index contributed by atoms with van der Waals surface area (Å²) in [4.78, 5) is 68.5. The fraction of sp³-hybridized carbons (Fsp3) is 0.710. The summed E-state index contributed by atoms with van der Waals surface area (Å²) in [5.74, 6) is -2.21. The minimum atomic E-state index is -1.04. The third-order valence-corrected chi connectivity index (χ3v) is 13.1. The summed E-state index contributed by atoms with van der Waals surface area (Å²) in [6.45, 7) is 16.1. The fourth-order valence-corrected chi connectivity index (χ4v) is 11.3.